The van der Waals surface area contributed by atoms with Crippen molar-refractivity contribution >= 4 is 49.1 Å². The van der Waals surface area contributed by atoms with Crippen molar-refractivity contribution in [2.45, 2.75) is 25.8 Å². The van der Waals surface area contributed by atoms with Gasteiger partial charge in [-0.2, -0.15) is 0 Å². The van der Waals surface area contributed by atoms with Crippen LogP contribution in [-0.4, -0.2) is 37.1 Å². The average Bonchev–Trinajstić information content (AvgIpc) is 3.15. The average molecular weight is 411 g/mol. The maximum atomic E-state index is 12.7. The molecule has 0 aromatic carbocycles. The number of carbonyl (C=O) groups excluding carboxylic acids is 1. The lowest BCUT2D eigenvalue weighted by Gasteiger charge is -2.29. The summed E-state index contributed by atoms with van der Waals surface area (Å²) >= 11 is 8.42. The third-order valence-corrected chi connectivity index (χ3v) is 5.82. The van der Waals surface area contributed by atoms with E-state index in [-0.39, 0.29) is 11.9 Å². The Morgan fingerprint density at radius 3 is 2.74 bits per heavy atom. The zero-order valence-electron chi connectivity index (χ0n) is 11.0. The van der Waals surface area contributed by atoms with Crippen LogP contribution in [0.1, 0.15) is 30.1 Å². The van der Waals surface area contributed by atoms with E-state index in [1.165, 1.54) is 24.2 Å². The molecule has 1 aromatic heterocycles. The summed E-state index contributed by atoms with van der Waals surface area (Å²) in [5, 5.41) is 0. The van der Waals surface area contributed by atoms with Crippen LogP contribution in [0, 0.1) is 5.92 Å². The Hall–Kier alpha value is 0.0900. The fraction of sp³-hybridized carbons (Fsp3) is 0.615. The standard InChI is InChI=1S/C13H17Br2NO2S/c1-8(9-3-4-9)16(5-6-18-2)13(17)10-7-11(14)19-12(10)15/h7-9H,3-6H2,1-2H3. The van der Waals surface area contributed by atoms with Crippen LogP contribution in [0.5, 0.6) is 0 Å². The highest BCUT2D eigenvalue weighted by Gasteiger charge is 2.35. The molecule has 106 valence electrons. The van der Waals surface area contributed by atoms with Gasteiger partial charge in [0.2, 0.25) is 0 Å². The van der Waals surface area contributed by atoms with Crippen molar-refractivity contribution in [1.29, 1.82) is 0 Å². The Balaban J connectivity index is 2.16. The van der Waals surface area contributed by atoms with Gasteiger partial charge in [0.1, 0.15) is 0 Å². The van der Waals surface area contributed by atoms with E-state index < -0.39 is 0 Å². The lowest BCUT2D eigenvalue weighted by atomic mass is 10.1. The third kappa shape index (κ3) is 3.80. The molecule has 0 saturated heterocycles. The molecule has 19 heavy (non-hydrogen) atoms. The molecule has 1 fully saturated rings. The summed E-state index contributed by atoms with van der Waals surface area (Å²) in [7, 11) is 1.67. The largest absolute Gasteiger partial charge is 0.383 e. The van der Waals surface area contributed by atoms with Crippen LogP contribution in [-0.2, 0) is 4.74 Å². The second-order valence-corrected chi connectivity index (χ2v) is 8.56. The summed E-state index contributed by atoms with van der Waals surface area (Å²) in [6, 6.07) is 2.17. The molecule has 1 saturated carbocycles. The molecule has 1 heterocycles. The van der Waals surface area contributed by atoms with E-state index in [0.29, 0.717) is 19.1 Å². The van der Waals surface area contributed by atoms with Crippen molar-refractivity contribution in [3.63, 3.8) is 0 Å². The summed E-state index contributed by atoms with van der Waals surface area (Å²) in [4.78, 5) is 14.6. The predicted molar refractivity (Wildman–Crippen MR) is 84.8 cm³/mol. The molecule has 2 rings (SSSR count). The fourth-order valence-corrected chi connectivity index (χ4v) is 4.93. The smallest absolute Gasteiger partial charge is 0.256 e. The van der Waals surface area contributed by atoms with Gasteiger partial charge in [0.25, 0.3) is 5.91 Å². The van der Waals surface area contributed by atoms with Crippen LogP contribution >= 0.6 is 43.2 Å². The van der Waals surface area contributed by atoms with Gasteiger partial charge in [-0.25, -0.2) is 0 Å². The van der Waals surface area contributed by atoms with Crippen molar-refractivity contribution in [3.05, 3.63) is 19.2 Å². The molecule has 0 aliphatic heterocycles. The second-order valence-electron chi connectivity index (χ2n) is 4.81. The van der Waals surface area contributed by atoms with E-state index in [4.69, 9.17) is 4.74 Å². The first kappa shape index (κ1) is 15.5. The van der Waals surface area contributed by atoms with Gasteiger partial charge in [-0.1, -0.05) is 0 Å². The Bertz CT molecular complexity index is 459. The molecule has 1 aliphatic rings. The van der Waals surface area contributed by atoms with Gasteiger partial charge >= 0.3 is 0 Å². The monoisotopic (exact) mass is 409 g/mol. The molecule has 3 nitrogen and oxygen atoms in total. The molecule has 1 amide bonds. The Kier molecular flexibility index (Phi) is 5.45. The number of carbonyl (C=O) groups is 1. The number of nitrogens with zero attached hydrogens (tertiary/aromatic N) is 1. The van der Waals surface area contributed by atoms with E-state index in [1.54, 1.807) is 7.11 Å². The Labute approximate surface area is 134 Å². The predicted octanol–water partition coefficient (Wildman–Crippen LogP) is 4.16. The van der Waals surface area contributed by atoms with Gasteiger partial charge in [-0.15, -0.1) is 11.3 Å². The summed E-state index contributed by atoms with van der Waals surface area (Å²) in [6.07, 6.45) is 2.46. The van der Waals surface area contributed by atoms with Crippen LogP contribution in [0.25, 0.3) is 0 Å². The number of amides is 1. The third-order valence-electron chi connectivity index (χ3n) is 3.48. The van der Waals surface area contributed by atoms with Gasteiger partial charge < -0.3 is 9.64 Å². The van der Waals surface area contributed by atoms with Crippen LogP contribution in [0.4, 0.5) is 0 Å². The van der Waals surface area contributed by atoms with Crippen molar-refractivity contribution in [1.82, 2.24) is 4.90 Å². The molecule has 1 unspecified atom stereocenters. The number of hydrogen-bond donors (Lipinski definition) is 0. The highest BCUT2D eigenvalue weighted by atomic mass is 79.9. The van der Waals surface area contributed by atoms with Crippen LogP contribution < -0.4 is 0 Å². The quantitative estimate of drug-likeness (QED) is 0.704. The van der Waals surface area contributed by atoms with E-state index in [0.717, 1.165) is 13.1 Å². The van der Waals surface area contributed by atoms with E-state index in [9.17, 15) is 4.79 Å². The lowest BCUT2D eigenvalue weighted by Crippen LogP contribution is -2.41. The summed E-state index contributed by atoms with van der Waals surface area (Å²) in [6.45, 7) is 3.36. The maximum Gasteiger partial charge on any atom is 0.256 e. The molecule has 1 aliphatic carbocycles. The highest BCUT2D eigenvalue weighted by molar-refractivity contribution is 9.12. The first-order valence-corrected chi connectivity index (χ1v) is 8.69. The molecule has 0 radical (unpaired) electrons. The number of hydrogen-bond acceptors (Lipinski definition) is 3. The van der Waals surface area contributed by atoms with Gasteiger partial charge in [0.05, 0.1) is 19.7 Å². The molecule has 6 heteroatoms. The SMILES string of the molecule is COCCN(C(=O)c1cc(Br)sc1Br)C(C)C1CC1. The normalized spacial score (nSPS) is 16.4. The van der Waals surface area contributed by atoms with Gasteiger partial charge in [0, 0.05) is 19.7 Å². The molecular weight excluding hydrogens is 394 g/mol. The molecule has 1 atom stereocenters. The summed E-state index contributed by atoms with van der Waals surface area (Å²) in [5.41, 5.74) is 0.737. The number of thiophene rings is 1. The highest BCUT2D eigenvalue weighted by Crippen LogP contribution is 2.37. The zero-order valence-corrected chi connectivity index (χ0v) is 15.0. The van der Waals surface area contributed by atoms with Gasteiger partial charge in [-0.3, -0.25) is 4.79 Å². The van der Waals surface area contributed by atoms with E-state index in [2.05, 4.69) is 38.8 Å². The topological polar surface area (TPSA) is 29.5 Å². The molecule has 0 spiro atoms. The minimum absolute atomic E-state index is 0.0882. The summed E-state index contributed by atoms with van der Waals surface area (Å²) in [5.74, 6) is 0.743. The minimum Gasteiger partial charge on any atom is -0.383 e. The van der Waals surface area contributed by atoms with Gasteiger partial charge in [0.15, 0.2) is 0 Å². The van der Waals surface area contributed by atoms with Crippen molar-refractivity contribution in [2.75, 3.05) is 20.3 Å². The molecule has 1 aromatic rings. The first-order valence-electron chi connectivity index (χ1n) is 6.29. The van der Waals surface area contributed by atoms with Crippen LogP contribution in [0.15, 0.2) is 13.6 Å². The van der Waals surface area contributed by atoms with Crippen molar-refractivity contribution < 1.29 is 9.53 Å². The lowest BCUT2D eigenvalue weighted by molar-refractivity contribution is 0.0594. The molecular formula is C13H17Br2NO2S. The molecule has 0 N–H and O–H groups in total. The zero-order chi connectivity index (χ0) is 14.0. The number of halogens is 2. The van der Waals surface area contributed by atoms with E-state index in [1.807, 2.05) is 11.0 Å². The number of ether oxygens (including phenoxy) is 1. The minimum atomic E-state index is 0.0882. The van der Waals surface area contributed by atoms with Crippen molar-refractivity contribution in [2.24, 2.45) is 5.92 Å². The first-order chi connectivity index (χ1) is 9.04. The van der Waals surface area contributed by atoms with E-state index >= 15 is 0 Å². The Morgan fingerprint density at radius 2 is 2.26 bits per heavy atom. The fourth-order valence-electron chi connectivity index (χ4n) is 2.15. The Morgan fingerprint density at radius 1 is 1.58 bits per heavy atom. The maximum absolute atomic E-state index is 12.7. The van der Waals surface area contributed by atoms with Crippen LogP contribution in [0.2, 0.25) is 0 Å². The van der Waals surface area contributed by atoms with Crippen molar-refractivity contribution in [3.8, 4) is 0 Å². The second kappa shape index (κ2) is 6.70. The number of methoxy groups -OCH3 is 1. The van der Waals surface area contributed by atoms with Gasteiger partial charge in [-0.05, 0) is 63.6 Å². The number of rotatable bonds is 6. The molecule has 0 bridgehead atoms. The van der Waals surface area contributed by atoms with Crippen LogP contribution in [0.3, 0.4) is 0 Å². The summed E-state index contributed by atoms with van der Waals surface area (Å²) < 4.78 is 6.98.